The monoisotopic (exact) mass is 253 g/mol. The summed E-state index contributed by atoms with van der Waals surface area (Å²) in [6.07, 6.45) is 1.18. The second-order valence-corrected chi connectivity index (χ2v) is 3.69. The van der Waals surface area contributed by atoms with Gasteiger partial charge in [0.05, 0.1) is 25.8 Å². The van der Waals surface area contributed by atoms with E-state index < -0.39 is 0 Å². The van der Waals surface area contributed by atoms with E-state index in [1.165, 1.54) is 7.11 Å². The molecule has 1 aromatic heterocycles. The molecule has 0 amide bonds. The molecule has 0 radical (unpaired) electrons. The maximum atomic E-state index is 10.9. The summed E-state index contributed by atoms with van der Waals surface area (Å²) in [5, 5.41) is 3.01. The number of rotatable bonds is 7. The van der Waals surface area contributed by atoms with Crippen LogP contribution in [0.2, 0.25) is 0 Å². The minimum absolute atomic E-state index is 0.264. The summed E-state index contributed by atoms with van der Waals surface area (Å²) in [4.78, 5) is 15.2. The minimum atomic E-state index is -0.264. The predicted octanol–water partition coefficient (Wildman–Crippen LogP) is 1.43. The lowest BCUT2D eigenvalue weighted by atomic mass is 10.3. The number of carbonyl (C=O) groups excluding carboxylic acids is 1. The normalized spacial score (nSPS) is 9.89. The lowest BCUT2D eigenvalue weighted by Gasteiger charge is -2.10. The SMILES string of the molecule is CCCOc1nc(NCCC(=O)OC)ccc1N. The molecule has 0 aliphatic carbocycles. The number of nitrogens with one attached hydrogen (secondary N) is 1. The molecule has 100 valence electrons. The van der Waals surface area contributed by atoms with Gasteiger partial charge in [-0.25, -0.2) is 0 Å². The average Bonchev–Trinajstić information content (AvgIpc) is 2.38. The van der Waals surface area contributed by atoms with Crippen LogP contribution in [-0.4, -0.2) is 31.2 Å². The van der Waals surface area contributed by atoms with Crippen molar-refractivity contribution in [2.75, 3.05) is 31.3 Å². The first-order chi connectivity index (χ1) is 8.67. The second-order valence-electron chi connectivity index (χ2n) is 3.69. The zero-order valence-electron chi connectivity index (χ0n) is 10.7. The number of aromatic nitrogens is 1. The highest BCUT2D eigenvalue weighted by atomic mass is 16.5. The highest BCUT2D eigenvalue weighted by Gasteiger charge is 2.05. The van der Waals surface area contributed by atoms with Crippen molar-refractivity contribution in [1.82, 2.24) is 4.98 Å². The molecule has 3 N–H and O–H groups in total. The molecular formula is C12H19N3O3. The van der Waals surface area contributed by atoms with E-state index in [0.717, 1.165) is 6.42 Å². The highest BCUT2D eigenvalue weighted by molar-refractivity contribution is 5.69. The maximum absolute atomic E-state index is 10.9. The number of esters is 1. The molecule has 0 aliphatic heterocycles. The van der Waals surface area contributed by atoms with Crippen LogP contribution in [0.15, 0.2) is 12.1 Å². The van der Waals surface area contributed by atoms with Crippen LogP contribution in [0.4, 0.5) is 11.5 Å². The van der Waals surface area contributed by atoms with Gasteiger partial charge in [0.2, 0.25) is 5.88 Å². The van der Waals surface area contributed by atoms with Gasteiger partial charge in [-0.05, 0) is 18.6 Å². The fraction of sp³-hybridized carbons (Fsp3) is 0.500. The summed E-state index contributed by atoms with van der Waals surface area (Å²) in [5.41, 5.74) is 6.24. The van der Waals surface area contributed by atoms with Crippen LogP contribution in [-0.2, 0) is 9.53 Å². The molecule has 6 nitrogen and oxygen atoms in total. The topological polar surface area (TPSA) is 86.5 Å². The van der Waals surface area contributed by atoms with Crippen molar-refractivity contribution in [3.8, 4) is 5.88 Å². The quantitative estimate of drug-likeness (QED) is 0.715. The summed E-state index contributed by atoms with van der Waals surface area (Å²) in [5.74, 6) is 0.777. The van der Waals surface area contributed by atoms with Gasteiger partial charge >= 0.3 is 5.97 Å². The van der Waals surface area contributed by atoms with Crippen molar-refractivity contribution in [3.63, 3.8) is 0 Å². The van der Waals surface area contributed by atoms with Crippen LogP contribution in [0.25, 0.3) is 0 Å². The second kappa shape index (κ2) is 7.37. The number of ether oxygens (including phenoxy) is 2. The van der Waals surface area contributed by atoms with Gasteiger partial charge in [-0.2, -0.15) is 4.98 Å². The van der Waals surface area contributed by atoms with Gasteiger partial charge in [0.15, 0.2) is 0 Å². The van der Waals surface area contributed by atoms with Crippen LogP contribution in [0, 0.1) is 0 Å². The molecule has 0 saturated heterocycles. The van der Waals surface area contributed by atoms with E-state index in [2.05, 4.69) is 15.0 Å². The molecule has 6 heteroatoms. The van der Waals surface area contributed by atoms with E-state index in [0.29, 0.717) is 30.5 Å². The molecule has 18 heavy (non-hydrogen) atoms. The first-order valence-electron chi connectivity index (χ1n) is 5.87. The third-order valence-electron chi connectivity index (χ3n) is 2.20. The number of pyridine rings is 1. The fourth-order valence-electron chi connectivity index (χ4n) is 1.26. The minimum Gasteiger partial charge on any atom is -0.476 e. The molecule has 1 aromatic rings. The molecule has 0 aliphatic rings. The molecular weight excluding hydrogens is 234 g/mol. The Hall–Kier alpha value is -1.98. The van der Waals surface area contributed by atoms with Crippen LogP contribution < -0.4 is 15.8 Å². The zero-order chi connectivity index (χ0) is 13.4. The van der Waals surface area contributed by atoms with Gasteiger partial charge < -0.3 is 20.5 Å². The molecule has 0 unspecified atom stereocenters. The van der Waals surface area contributed by atoms with Gasteiger partial charge in [0.1, 0.15) is 5.82 Å². The van der Waals surface area contributed by atoms with Crippen LogP contribution in [0.3, 0.4) is 0 Å². The lowest BCUT2D eigenvalue weighted by molar-refractivity contribution is -0.140. The van der Waals surface area contributed by atoms with Crippen molar-refractivity contribution in [1.29, 1.82) is 0 Å². The zero-order valence-corrected chi connectivity index (χ0v) is 10.7. The number of anilines is 2. The largest absolute Gasteiger partial charge is 0.476 e. The molecule has 1 heterocycles. The van der Waals surface area contributed by atoms with E-state index in [9.17, 15) is 4.79 Å². The fourth-order valence-corrected chi connectivity index (χ4v) is 1.26. The molecule has 0 aromatic carbocycles. The van der Waals surface area contributed by atoms with Crippen LogP contribution in [0.1, 0.15) is 19.8 Å². The van der Waals surface area contributed by atoms with E-state index in [-0.39, 0.29) is 12.4 Å². The number of methoxy groups -OCH3 is 1. The Morgan fingerprint density at radius 3 is 2.94 bits per heavy atom. The van der Waals surface area contributed by atoms with Crippen molar-refractivity contribution in [3.05, 3.63) is 12.1 Å². The van der Waals surface area contributed by atoms with Gasteiger partial charge in [-0.3, -0.25) is 4.79 Å². The summed E-state index contributed by atoms with van der Waals surface area (Å²) in [6, 6.07) is 3.46. The highest BCUT2D eigenvalue weighted by Crippen LogP contribution is 2.20. The third kappa shape index (κ3) is 4.48. The molecule has 0 spiro atoms. The first kappa shape index (κ1) is 14.1. The maximum Gasteiger partial charge on any atom is 0.307 e. The Morgan fingerprint density at radius 1 is 1.50 bits per heavy atom. The Morgan fingerprint density at radius 2 is 2.28 bits per heavy atom. The van der Waals surface area contributed by atoms with Crippen LogP contribution >= 0.6 is 0 Å². The van der Waals surface area contributed by atoms with E-state index in [1.807, 2.05) is 6.92 Å². The van der Waals surface area contributed by atoms with Gasteiger partial charge in [-0.15, -0.1) is 0 Å². The van der Waals surface area contributed by atoms with Crippen molar-refractivity contribution in [2.45, 2.75) is 19.8 Å². The number of carbonyl (C=O) groups is 1. The lowest BCUT2D eigenvalue weighted by Crippen LogP contribution is -2.11. The number of nitrogens with zero attached hydrogens (tertiary/aromatic N) is 1. The Balaban J connectivity index is 2.53. The van der Waals surface area contributed by atoms with Crippen molar-refractivity contribution < 1.29 is 14.3 Å². The molecule has 1 rings (SSSR count). The molecule has 0 atom stereocenters. The van der Waals surface area contributed by atoms with Crippen LogP contribution in [0.5, 0.6) is 5.88 Å². The number of hydrogen-bond donors (Lipinski definition) is 2. The molecule has 0 fully saturated rings. The third-order valence-corrected chi connectivity index (χ3v) is 2.20. The molecule has 0 bridgehead atoms. The van der Waals surface area contributed by atoms with Gasteiger partial charge in [0, 0.05) is 6.54 Å². The van der Waals surface area contributed by atoms with Crippen molar-refractivity contribution in [2.24, 2.45) is 0 Å². The smallest absolute Gasteiger partial charge is 0.307 e. The summed E-state index contributed by atoms with van der Waals surface area (Å²) >= 11 is 0. The first-order valence-corrected chi connectivity index (χ1v) is 5.87. The summed E-state index contributed by atoms with van der Waals surface area (Å²) < 4.78 is 9.95. The number of hydrogen-bond acceptors (Lipinski definition) is 6. The summed E-state index contributed by atoms with van der Waals surface area (Å²) in [6.45, 7) is 3.04. The standard InChI is InChI=1S/C12H19N3O3/c1-3-8-18-12-9(13)4-5-10(15-12)14-7-6-11(16)17-2/h4-5H,3,6-8,13H2,1-2H3,(H,14,15). The van der Waals surface area contributed by atoms with E-state index in [4.69, 9.17) is 10.5 Å². The molecule has 0 saturated carbocycles. The van der Waals surface area contributed by atoms with Gasteiger partial charge in [0.25, 0.3) is 0 Å². The predicted molar refractivity (Wildman–Crippen MR) is 69.6 cm³/mol. The van der Waals surface area contributed by atoms with Gasteiger partial charge in [-0.1, -0.05) is 6.92 Å². The van der Waals surface area contributed by atoms with E-state index in [1.54, 1.807) is 12.1 Å². The van der Waals surface area contributed by atoms with Crippen molar-refractivity contribution >= 4 is 17.5 Å². The Kier molecular flexibility index (Phi) is 5.76. The Bertz CT molecular complexity index is 396. The summed E-state index contributed by atoms with van der Waals surface area (Å²) in [7, 11) is 1.36. The Labute approximate surface area is 106 Å². The van der Waals surface area contributed by atoms with E-state index >= 15 is 0 Å². The number of nitrogen functional groups attached to an aromatic ring is 1. The number of nitrogens with two attached hydrogens (primary N) is 1. The average molecular weight is 253 g/mol.